The second kappa shape index (κ2) is 6.52. The van der Waals surface area contributed by atoms with Gasteiger partial charge in [-0.05, 0) is 17.7 Å². The van der Waals surface area contributed by atoms with E-state index in [0.717, 1.165) is 5.56 Å². The lowest BCUT2D eigenvalue weighted by atomic mass is 9.86. The van der Waals surface area contributed by atoms with Gasteiger partial charge >= 0.3 is 0 Å². The molecule has 2 heterocycles. The van der Waals surface area contributed by atoms with E-state index in [2.05, 4.69) is 16.9 Å². The first-order valence-electron chi connectivity index (χ1n) is 7.44. The molecule has 0 fully saturated rings. The highest BCUT2D eigenvalue weighted by Crippen LogP contribution is 2.36. The molecular weight excluding hydrogens is 326 g/mol. The average molecular weight is 343 g/mol. The second-order valence-electron chi connectivity index (χ2n) is 5.52. The Hall–Kier alpha value is -2.54. The topological polar surface area (TPSA) is 84.2 Å². The quantitative estimate of drug-likeness (QED) is 0.505. The van der Waals surface area contributed by atoms with E-state index in [4.69, 9.17) is 0 Å². The van der Waals surface area contributed by atoms with Crippen molar-refractivity contribution in [2.75, 3.05) is 11.1 Å². The van der Waals surface area contributed by atoms with E-state index < -0.39 is 5.92 Å². The number of benzene rings is 1. The first-order chi connectivity index (χ1) is 11.5. The zero-order valence-corrected chi connectivity index (χ0v) is 14.0. The highest BCUT2D eigenvalue weighted by atomic mass is 32.2. The van der Waals surface area contributed by atoms with Crippen molar-refractivity contribution in [2.24, 2.45) is 7.05 Å². The van der Waals surface area contributed by atoms with E-state index in [1.165, 1.54) is 11.8 Å². The van der Waals surface area contributed by atoms with Crippen LogP contribution in [0.2, 0.25) is 0 Å². The van der Waals surface area contributed by atoms with Crippen molar-refractivity contribution in [1.82, 2.24) is 9.55 Å². The van der Waals surface area contributed by atoms with Crippen LogP contribution in [0.3, 0.4) is 0 Å². The fraction of sp³-hybridized carbons (Fsp3) is 0.235. The van der Waals surface area contributed by atoms with E-state index in [1.807, 2.05) is 0 Å². The number of carbonyl (C=O) groups is 1. The Labute approximate surface area is 143 Å². The maximum absolute atomic E-state index is 12.6. The predicted molar refractivity (Wildman–Crippen MR) is 93.6 cm³/mol. The number of thioether (sulfide) groups is 1. The minimum Gasteiger partial charge on any atom is -0.508 e. The van der Waals surface area contributed by atoms with Crippen molar-refractivity contribution in [3.63, 3.8) is 0 Å². The van der Waals surface area contributed by atoms with Crippen LogP contribution in [0, 0.1) is 0 Å². The number of aromatic nitrogens is 2. The molecule has 0 bridgehead atoms. The van der Waals surface area contributed by atoms with Crippen molar-refractivity contribution in [3.05, 3.63) is 58.4 Å². The molecule has 2 aromatic rings. The number of hydrogen-bond donors (Lipinski definition) is 2. The Kier molecular flexibility index (Phi) is 4.44. The van der Waals surface area contributed by atoms with Crippen LogP contribution in [-0.2, 0) is 11.8 Å². The molecule has 1 aliphatic heterocycles. The van der Waals surface area contributed by atoms with Gasteiger partial charge in [0.1, 0.15) is 11.6 Å². The van der Waals surface area contributed by atoms with Gasteiger partial charge in [-0.25, -0.2) is 0 Å². The summed E-state index contributed by atoms with van der Waals surface area (Å²) >= 11 is 1.38. The molecule has 6 nitrogen and oxygen atoms in total. The summed E-state index contributed by atoms with van der Waals surface area (Å²) in [4.78, 5) is 28.9. The van der Waals surface area contributed by atoms with Gasteiger partial charge in [-0.15, -0.1) is 6.58 Å². The second-order valence-corrected chi connectivity index (χ2v) is 6.51. The Bertz CT molecular complexity index is 876. The third kappa shape index (κ3) is 2.94. The van der Waals surface area contributed by atoms with Gasteiger partial charge in [-0.1, -0.05) is 30.0 Å². The average Bonchev–Trinajstić information content (AvgIpc) is 2.56. The molecule has 0 spiro atoms. The molecule has 24 heavy (non-hydrogen) atoms. The standard InChI is InChI=1S/C17H17N3O3S/c1-3-7-24-17-19-16(23)14-12(10-5-4-6-11(21)8-10)9-13(22)18-15(14)20(17)2/h3-6,8,12,21H,1,7,9H2,2H3,(H,18,22)/t12-/m0/s1. The van der Waals surface area contributed by atoms with Crippen molar-refractivity contribution in [2.45, 2.75) is 17.5 Å². The number of phenolic OH excluding ortho intramolecular Hbond substituents is 1. The monoisotopic (exact) mass is 343 g/mol. The predicted octanol–water partition coefficient (Wildman–Crippen LogP) is 2.24. The van der Waals surface area contributed by atoms with Crippen LogP contribution in [0.15, 0.2) is 46.9 Å². The molecule has 1 atom stereocenters. The Morgan fingerprint density at radius 2 is 2.29 bits per heavy atom. The molecule has 1 amide bonds. The minimum atomic E-state index is -0.425. The molecule has 1 aromatic heterocycles. The summed E-state index contributed by atoms with van der Waals surface area (Å²) in [7, 11) is 1.77. The molecule has 2 N–H and O–H groups in total. The van der Waals surface area contributed by atoms with Crippen LogP contribution in [-0.4, -0.2) is 26.3 Å². The Morgan fingerprint density at radius 1 is 1.50 bits per heavy atom. The van der Waals surface area contributed by atoms with Crippen LogP contribution in [0.25, 0.3) is 0 Å². The number of aromatic hydroxyl groups is 1. The third-order valence-corrected chi connectivity index (χ3v) is 4.93. The first-order valence-corrected chi connectivity index (χ1v) is 8.43. The van der Waals surface area contributed by atoms with Gasteiger partial charge in [0.2, 0.25) is 5.91 Å². The first kappa shape index (κ1) is 16.3. The number of amides is 1. The number of nitrogens with one attached hydrogen (secondary N) is 1. The van der Waals surface area contributed by atoms with Crippen LogP contribution in [0.5, 0.6) is 5.75 Å². The van der Waals surface area contributed by atoms with E-state index in [0.29, 0.717) is 22.3 Å². The molecule has 0 radical (unpaired) electrons. The van der Waals surface area contributed by atoms with Crippen LogP contribution >= 0.6 is 11.8 Å². The molecule has 0 aliphatic carbocycles. The molecular formula is C17H17N3O3S. The summed E-state index contributed by atoms with van der Waals surface area (Å²) in [6.07, 6.45) is 1.87. The summed E-state index contributed by atoms with van der Waals surface area (Å²) in [5.74, 6) is 0.583. The van der Waals surface area contributed by atoms with Crippen molar-refractivity contribution in [3.8, 4) is 5.75 Å². The van der Waals surface area contributed by atoms with Crippen LogP contribution in [0.1, 0.15) is 23.5 Å². The highest BCUT2D eigenvalue weighted by molar-refractivity contribution is 7.99. The number of nitrogens with zero attached hydrogens (tertiary/aromatic N) is 2. The minimum absolute atomic E-state index is 0.1000. The maximum Gasteiger partial charge on any atom is 0.279 e. The number of hydrogen-bond acceptors (Lipinski definition) is 5. The number of rotatable bonds is 4. The fourth-order valence-electron chi connectivity index (χ4n) is 2.82. The lowest BCUT2D eigenvalue weighted by molar-refractivity contribution is -0.116. The lowest BCUT2D eigenvalue weighted by Gasteiger charge is -2.27. The van der Waals surface area contributed by atoms with E-state index in [-0.39, 0.29) is 23.6 Å². The molecule has 7 heteroatoms. The van der Waals surface area contributed by atoms with Gasteiger partial charge in [0, 0.05) is 25.1 Å². The summed E-state index contributed by atoms with van der Waals surface area (Å²) < 4.78 is 1.72. The molecule has 0 saturated heterocycles. The number of anilines is 1. The summed E-state index contributed by atoms with van der Waals surface area (Å²) in [6.45, 7) is 3.66. The van der Waals surface area contributed by atoms with Crippen molar-refractivity contribution >= 4 is 23.5 Å². The fourth-order valence-corrected chi connectivity index (χ4v) is 3.52. The summed E-state index contributed by atoms with van der Waals surface area (Å²) in [5.41, 5.74) is 0.810. The number of carbonyl (C=O) groups excluding carboxylic acids is 1. The van der Waals surface area contributed by atoms with E-state index in [9.17, 15) is 14.7 Å². The SMILES string of the molecule is C=CCSc1nc(=O)c2c(n1C)NC(=O)C[C@H]2c1cccc(O)c1. The van der Waals surface area contributed by atoms with E-state index in [1.54, 1.807) is 42.0 Å². The lowest BCUT2D eigenvalue weighted by Crippen LogP contribution is -2.33. The molecule has 3 rings (SSSR count). The highest BCUT2D eigenvalue weighted by Gasteiger charge is 2.32. The van der Waals surface area contributed by atoms with Gasteiger partial charge in [0.25, 0.3) is 5.56 Å². The van der Waals surface area contributed by atoms with Crippen molar-refractivity contribution < 1.29 is 9.90 Å². The molecule has 1 aliphatic rings. The number of fused-ring (bicyclic) bond motifs is 1. The number of phenols is 1. The Morgan fingerprint density at radius 3 is 3.00 bits per heavy atom. The van der Waals surface area contributed by atoms with Crippen molar-refractivity contribution in [1.29, 1.82) is 0 Å². The smallest absolute Gasteiger partial charge is 0.279 e. The van der Waals surface area contributed by atoms with Crippen LogP contribution in [0.4, 0.5) is 5.82 Å². The maximum atomic E-state index is 12.6. The van der Waals surface area contributed by atoms with Gasteiger partial charge < -0.3 is 15.0 Å². The normalized spacial score (nSPS) is 16.4. The molecule has 0 saturated carbocycles. The van der Waals surface area contributed by atoms with Crippen LogP contribution < -0.4 is 10.9 Å². The zero-order valence-electron chi connectivity index (χ0n) is 13.2. The van der Waals surface area contributed by atoms with E-state index >= 15 is 0 Å². The largest absolute Gasteiger partial charge is 0.508 e. The summed E-state index contributed by atoms with van der Waals surface area (Å²) in [6, 6.07) is 6.63. The Balaban J connectivity index is 2.16. The molecule has 124 valence electrons. The van der Waals surface area contributed by atoms with Gasteiger partial charge in [0.15, 0.2) is 5.16 Å². The zero-order chi connectivity index (χ0) is 17.3. The molecule has 0 unspecified atom stereocenters. The van der Waals surface area contributed by atoms with Gasteiger partial charge in [-0.3, -0.25) is 9.59 Å². The van der Waals surface area contributed by atoms with Gasteiger partial charge in [0.05, 0.1) is 5.56 Å². The molecule has 1 aromatic carbocycles. The third-order valence-electron chi connectivity index (χ3n) is 3.90. The summed E-state index contributed by atoms with van der Waals surface area (Å²) in [5, 5.41) is 13.0. The van der Waals surface area contributed by atoms with Gasteiger partial charge in [-0.2, -0.15) is 4.98 Å².